The Morgan fingerprint density at radius 2 is 1.80 bits per heavy atom. The van der Waals surface area contributed by atoms with Crippen LogP contribution in [0.3, 0.4) is 0 Å². The monoisotopic (exact) mass is 342 g/mol. The molecule has 1 aromatic carbocycles. The third kappa shape index (κ3) is 3.90. The van der Waals surface area contributed by atoms with Gasteiger partial charge in [-0.25, -0.2) is 0 Å². The number of aromatic amines is 1. The zero-order chi connectivity index (χ0) is 17.8. The number of nitrogens with one attached hydrogen (secondary N) is 2. The number of pyridine rings is 1. The van der Waals surface area contributed by atoms with E-state index >= 15 is 0 Å². The molecule has 132 valence electrons. The second kappa shape index (κ2) is 7.51. The standard InChI is InChI=1S/C19H22N2O4/c22-17-13-8-6-5-7-12(13)11-16(21-17)18(23)20-15-10-4-2-1-3-9-14(15)19(24)25/h5-8,11,14-15H,1-4,9-10H2,(H,20,23)(H,21,22)(H,24,25). The topological polar surface area (TPSA) is 99.3 Å². The molecule has 25 heavy (non-hydrogen) atoms. The third-order valence-corrected chi connectivity index (χ3v) is 4.90. The van der Waals surface area contributed by atoms with Crippen molar-refractivity contribution in [3.05, 3.63) is 46.4 Å². The fraction of sp³-hybridized carbons (Fsp3) is 0.421. The molecule has 1 aliphatic rings. The number of carbonyl (C=O) groups excluding carboxylic acids is 1. The Labute approximate surface area is 145 Å². The number of hydrogen-bond acceptors (Lipinski definition) is 3. The highest BCUT2D eigenvalue weighted by atomic mass is 16.4. The van der Waals surface area contributed by atoms with Gasteiger partial charge in [0, 0.05) is 11.4 Å². The maximum atomic E-state index is 12.6. The van der Waals surface area contributed by atoms with E-state index in [4.69, 9.17) is 0 Å². The summed E-state index contributed by atoms with van der Waals surface area (Å²) in [6.45, 7) is 0. The van der Waals surface area contributed by atoms with E-state index in [-0.39, 0.29) is 11.3 Å². The molecule has 3 N–H and O–H groups in total. The van der Waals surface area contributed by atoms with Crippen LogP contribution in [0.15, 0.2) is 35.1 Å². The summed E-state index contributed by atoms with van der Waals surface area (Å²) in [5, 5.41) is 13.5. The summed E-state index contributed by atoms with van der Waals surface area (Å²) in [7, 11) is 0. The number of aliphatic carboxylic acids is 1. The molecular formula is C19H22N2O4. The molecule has 2 aromatic rings. The summed E-state index contributed by atoms with van der Waals surface area (Å²) in [4.78, 5) is 38.9. The predicted molar refractivity (Wildman–Crippen MR) is 94.7 cm³/mol. The highest BCUT2D eigenvalue weighted by molar-refractivity contribution is 5.96. The van der Waals surface area contributed by atoms with Gasteiger partial charge in [0.2, 0.25) is 0 Å². The third-order valence-electron chi connectivity index (χ3n) is 4.90. The molecule has 6 nitrogen and oxygen atoms in total. The lowest BCUT2D eigenvalue weighted by atomic mass is 9.86. The largest absolute Gasteiger partial charge is 0.481 e. The predicted octanol–water partition coefficient (Wildman–Crippen LogP) is 2.68. The van der Waals surface area contributed by atoms with Gasteiger partial charge in [-0.05, 0) is 30.4 Å². The molecule has 1 amide bonds. The molecule has 1 fully saturated rings. The van der Waals surface area contributed by atoms with Crippen LogP contribution >= 0.6 is 0 Å². The van der Waals surface area contributed by atoms with Crippen molar-refractivity contribution in [2.24, 2.45) is 5.92 Å². The van der Waals surface area contributed by atoms with Gasteiger partial charge in [0.25, 0.3) is 11.5 Å². The summed E-state index contributed by atoms with van der Waals surface area (Å²) >= 11 is 0. The van der Waals surface area contributed by atoms with Crippen molar-refractivity contribution in [3.8, 4) is 0 Å². The van der Waals surface area contributed by atoms with Gasteiger partial charge in [-0.2, -0.15) is 0 Å². The average Bonchev–Trinajstić information content (AvgIpc) is 2.57. The normalized spacial score (nSPS) is 21.3. The molecule has 3 rings (SSSR count). The van der Waals surface area contributed by atoms with E-state index in [2.05, 4.69) is 10.3 Å². The lowest BCUT2D eigenvalue weighted by Crippen LogP contribution is -2.44. The number of rotatable bonds is 3. The van der Waals surface area contributed by atoms with E-state index in [0.717, 1.165) is 25.7 Å². The van der Waals surface area contributed by atoms with E-state index in [1.807, 2.05) is 0 Å². The van der Waals surface area contributed by atoms with Crippen LogP contribution in [0.2, 0.25) is 0 Å². The fourth-order valence-electron chi connectivity index (χ4n) is 3.53. The van der Waals surface area contributed by atoms with Gasteiger partial charge in [-0.1, -0.05) is 43.9 Å². The second-order valence-electron chi connectivity index (χ2n) is 6.62. The van der Waals surface area contributed by atoms with Crippen molar-refractivity contribution in [2.75, 3.05) is 0 Å². The average molecular weight is 342 g/mol. The van der Waals surface area contributed by atoms with Crippen LogP contribution in [0, 0.1) is 5.92 Å². The maximum absolute atomic E-state index is 12.6. The Hall–Kier alpha value is -2.63. The summed E-state index contributed by atoms with van der Waals surface area (Å²) in [5.41, 5.74) is -0.161. The first-order chi connectivity index (χ1) is 12.1. The Morgan fingerprint density at radius 1 is 1.08 bits per heavy atom. The van der Waals surface area contributed by atoms with Crippen molar-refractivity contribution in [2.45, 2.75) is 44.6 Å². The fourth-order valence-corrected chi connectivity index (χ4v) is 3.53. The first-order valence-electron chi connectivity index (χ1n) is 8.72. The lowest BCUT2D eigenvalue weighted by molar-refractivity contribution is -0.143. The minimum Gasteiger partial charge on any atom is -0.481 e. The maximum Gasteiger partial charge on any atom is 0.308 e. The van der Waals surface area contributed by atoms with E-state index in [0.29, 0.717) is 23.6 Å². The Morgan fingerprint density at radius 3 is 2.56 bits per heavy atom. The highest BCUT2D eigenvalue weighted by Gasteiger charge is 2.30. The van der Waals surface area contributed by atoms with Crippen LogP contribution in [0.1, 0.15) is 49.0 Å². The van der Waals surface area contributed by atoms with Crippen molar-refractivity contribution in [1.29, 1.82) is 0 Å². The minimum absolute atomic E-state index is 0.162. The molecule has 6 heteroatoms. The molecule has 0 aliphatic heterocycles. The van der Waals surface area contributed by atoms with Gasteiger partial charge >= 0.3 is 5.97 Å². The number of carbonyl (C=O) groups is 2. The zero-order valence-corrected chi connectivity index (χ0v) is 14.0. The smallest absolute Gasteiger partial charge is 0.308 e. The van der Waals surface area contributed by atoms with Gasteiger partial charge in [-0.3, -0.25) is 14.4 Å². The number of carboxylic acids is 1. The molecule has 0 radical (unpaired) electrons. The van der Waals surface area contributed by atoms with Crippen LogP contribution in [0.5, 0.6) is 0 Å². The van der Waals surface area contributed by atoms with E-state index < -0.39 is 23.8 Å². The Kier molecular flexibility index (Phi) is 5.16. The van der Waals surface area contributed by atoms with Gasteiger partial charge in [0.1, 0.15) is 5.69 Å². The molecular weight excluding hydrogens is 320 g/mol. The zero-order valence-electron chi connectivity index (χ0n) is 14.0. The number of carboxylic acid groups (broad SMARTS) is 1. The molecule has 2 unspecified atom stereocenters. The van der Waals surface area contributed by atoms with Gasteiger partial charge in [0.05, 0.1) is 5.92 Å². The number of hydrogen-bond donors (Lipinski definition) is 3. The highest BCUT2D eigenvalue weighted by Crippen LogP contribution is 2.23. The van der Waals surface area contributed by atoms with Crippen LogP contribution in [-0.2, 0) is 4.79 Å². The quantitative estimate of drug-likeness (QED) is 0.798. The SMILES string of the molecule is O=C(NC1CCCCCCC1C(=O)O)c1cc2ccccc2c(=O)[nH]1. The molecule has 0 saturated heterocycles. The van der Waals surface area contributed by atoms with Gasteiger partial charge < -0.3 is 15.4 Å². The van der Waals surface area contributed by atoms with Gasteiger partial charge in [0.15, 0.2) is 0 Å². The molecule has 0 bridgehead atoms. The lowest BCUT2D eigenvalue weighted by Gasteiger charge is -2.27. The summed E-state index contributed by atoms with van der Waals surface area (Å²) < 4.78 is 0. The van der Waals surface area contributed by atoms with Crippen LogP contribution in [-0.4, -0.2) is 28.0 Å². The number of fused-ring (bicyclic) bond motifs is 1. The Balaban J connectivity index is 1.84. The first-order valence-corrected chi connectivity index (χ1v) is 8.72. The van der Waals surface area contributed by atoms with Crippen LogP contribution in [0.25, 0.3) is 10.8 Å². The number of aromatic nitrogens is 1. The number of amides is 1. The first kappa shape index (κ1) is 17.2. The van der Waals surface area contributed by atoms with E-state index in [1.54, 1.807) is 30.3 Å². The molecule has 1 aliphatic carbocycles. The van der Waals surface area contributed by atoms with E-state index in [1.165, 1.54) is 0 Å². The van der Waals surface area contributed by atoms with Crippen molar-refractivity contribution in [1.82, 2.24) is 10.3 Å². The Bertz CT molecular complexity index is 843. The molecule has 0 spiro atoms. The number of benzene rings is 1. The van der Waals surface area contributed by atoms with Crippen molar-refractivity contribution < 1.29 is 14.7 Å². The second-order valence-corrected chi connectivity index (χ2v) is 6.62. The number of H-pyrrole nitrogens is 1. The molecule has 1 saturated carbocycles. The minimum atomic E-state index is -0.876. The molecule has 1 aromatic heterocycles. The summed E-state index contributed by atoms with van der Waals surface area (Å²) in [6, 6.07) is 8.26. The van der Waals surface area contributed by atoms with Crippen LogP contribution in [0.4, 0.5) is 0 Å². The summed E-state index contributed by atoms with van der Waals surface area (Å²) in [6.07, 6.45) is 5.03. The molecule has 2 atom stereocenters. The van der Waals surface area contributed by atoms with E-state index in [9.17, 15) is 19.5 Å². The molecule has 1 heterocycles. The van der Waals surface area contributed by atoms with Crippen molar-refractivity contribution >= 4 is 22.6 Å². The van der Waals surface area contributed by atoms with Gasteiger partial charge in [-0.15, -0.1) is 0 Å². The summed E-state index contributed by atoms with van der Waals surface area (Å²) in [5.74, 6) is -1.89. The van der Waals surface area contributed by atoms with Crippen molar-refractivity contribution in [3.63, 3.8) is 0 Å². The van der Waals surface area contributed by atoms with Crippen LogP contribution < -0.4 is 10.9 Å².